The Balaban J connectivity index is 2.09. The maximum absolute atomic E-state index is 6.24. The molecule has 0 bridgehead atoms. The zero-order valence-corrected chi connectivity index (χ0v) is 12.2. The fraction of sp³-hybridized carbons (Fsp3) is 0.727. The normalized spacial score (nSPS) is 22.1. The molecule has 0 spiro atoms. The smallest absolute Gasteiger partial charge is 0.130 e. The van der Waals surface area contributed by atoms with E-state index in [4.69, 9.17) is 22.2 Å². The number of rotatable bonds is 4. The number of thioether (sulfide) groups is 1. The van der Waals surface area contributed by atoms with Gasteiger partial charge in [-0.2, -0.15) is 16.9 Å². The third-order valence-electron chi connectivity index (χ3n) is 3.20. The first-order valence-corrected chi connectivity index (χ1v) is 7.50. The Morgan fingerprint density at radius 2 is 2.50 bits per heavy atom. The Labute approximate surface area is 116 Å². The highest BCUT2D eigenvalue weighted by atomic mass is 35.5. The van der Waals surface area contributed by atoms with Crippen LogP contribution in [0.4, 0.5) is 0 Å². The van der Waals surface area contributed by atoms with E-state index in [1.54, 1.807) is 4.68 Å². The average Bonchev–Trinajstić information content (AvgIpc) is 2.62. The van der Waals surface area contributed by atoms with Gasteiger partial charge in [-0.3, -0.25) is 16.0 Å². The number of nitrogens with zero attached hydrogens (tertiary/aromatic N) is 2. The van der Waals surface area contributed by atoms with Crippen molar-refractivity contribution in [3.8, 4) is 0 Å². The van der Waals surface area contributed by atoms with Gasteiger partial charge in [0, 0.05) is 24.1 Å². The molecule has 1 aliphatic rings. The van der Waals surface area contributed by atoms with Crippen molar-refractivity contribution in [1.29, 1.82) is 0 Å². The summed E-state index contributed by atoms with van der Waals surface area (Å²) in [6.07, 6.45) is 0.865. The van der Waals surface area contributed by atoms with Crippen molar-refractivity contribution in [2.45, 2.75) is 25.5 Å². The molecule has 1 aromatic rings. The van der Waals surface area contributed by atoms with Crippen molar-refractivity contribution >= 4 is 23.4 Å². The molecule has 18 heavy (non-hydrogen) atoms. The first-order chi connectivity index (χ1) is 8.63. The van der Waals surface area contributed by atoms with E-state index < -0.39 is 0 Å². The molecule has 0 saturated carbocycles. The third-order valence-corrected chi connectivity index (χ3v) is 4.69. The second-order valence-electron chi connectivity index (χ2n) is 4.44. The molecule has 0 aromatic carbocycles. The lowest BCUT2D eigenvalue weighted by atomic mass is 10.0. The molecule has 102 valence electrons. The molecule has 2 rings (SSSR count). The lowest BCUT2D eigenvalue weighted by Gasteiger charge is -2.29. The van der Waals surface area contributed by atoms with E-state index in [1.165, 1.54) is 0 Å². The minimum atomic E-state index is 0.0678. The van der Waals surface area contributed by atoms with Gasteiger partial charge in [0.2, 0.25) is 0 Å². The average molecular weight is 291 g/mol. The van der Waals surface area contributed by atoms with E-state index in [-0.39, 0.29) is 12.1 Å². The highest BCUT2D eigenvalue weighted by molar-refractivity contribution is 7.99. The number of halogens is 1. The third kappa shape index (κ3) is 3.00. The Morgan fingerprint density at radius 1 is 1.72 bits per heavy atom. The molecule has 2 atom stereocenters. The largest absolute Gasteiger partial charge is 0.375 e. The minimum Gasteiger partial charge on any atom is -0.375 e. The Kier molecular flexibility index (Phi) is 4.91. The topological polar surface area (TPSA) is 65.1 Å². The zero-order chi connectivity index (χ0) is 13.1. The number of hydrogen-bond donors (Lipinski definition) is 2. The van der Waals surface area contributed by atoms with E-state index in [1.807, 2.05) is 25.7 Å². The molecule has 0 radical (unpaired) electrons. The number of nitrogens with two attached hydrogens (primary N) is 1. The van der Waals surface area contributed by atoms with Crippen molar-refractivity contribution in [2.24, 2.45) is 12.9 Å². The first-order valence-electron chi connectivity index (χ1n) is 5.97. The lowest BCUT2D eigenvalue weighted by molar-refractivity contribution is 0.0471. The van der Waals surface area contributed by atoms with Crippen molar-refractivity contribution in [1.82, 2.24) is 15.2 Å². The molecule has 5 nitrogen and oxygen atoms in total. The van der Waals surface area contributed by atoms with Crippen LogP contribution in [0.25, 0.3) is 0 Å². The maximum atomic E-state index is 6.24. The number of aromatic nitrogens is 2. The zero-order valence-electron chi connectivity index (χ0n) is 10.6. The van der Waals surface area contributed by atoms with Crippen LogP contribution in [0, 0.1) is 6.92 Å². The van der Waals surface area contributed by atoms with E-state index in [2.05, 4.69) is 10.5 Å². The van der Waals surface area contributed by atoms with Gasteiger partial charge in [-0.1, -0.05) is 11.6 Å². The Hall–Kier alpha value is -0.270. The van der Waals surface area contributed by atoms with Crippen LogP contribution < -0.4 is 11.3 Å². The van der Waals surface area contributed by atoms with E-state index in [9.17, 15) is 0 Å². The summed E-state index contributed by atoms with van der Waals surface area (Å²) in [6.45, 7) is 2.75. The molecular weight excluding hydrogens is 272 g/mol. The van der Waals surface area contributed by atoms with Crippen molar-refractivity contribution in [3.63, 3.8) is 0 Å². The van der Waals surface area contributed by atoms with Crippen LogP contribution in [-0.2, 0) is 18.2 Å². The number of ether oxygens (including phenoxy) is 1. The molecule has 1 aromatic heterocycles. The van der Waals surface area contributed by atoms with Crippen LogP contribution in [0.5, 0.6) is 0 Å². The van der Waals surface area contributed by atoms with Gasteiger partial charge in [-0.15, -0.1) is 0 Å². The summed E-state index contributed by atoms with van der Waals surface area (Å²) in [7, 11) is 1.84. The van der Waals surface area contributed by atoms with Gasteiger partial charge in [-0.25, -0.2) is 0 Å². The summed E-state index contributed by atoms with van der Waals surface area (Å²) in [6, 6.07) is 0.0678. The summed E-state index contributed by atoms with van der Waals surface area (Å²) < 4.78 is 7.45. The van der Waals surface area contributed by atoms with Gasteiger partial charge < -0.3 is 4.74 Å². The molecular formula is C11H19ClN4OS. The number of aryl methyl sites for hydroxylation is 2. The molecule has 2 heterocycles. The predicted molar refractivity (Wildman–Crippen MR) is 74.8 cm³/mol. The van der Waals surface area contributed by atoms with Gasteiger partial charge >= 0.3 is 0 Å². The van der Waals surface area contributed by atoms with Crippen molar-refractivity contribution < 1.29 is 4.74 Å². The van der Waals surface area contributed by atoms with Gasteiger partial charge in [-0.05, 0) is 13.3 Å². The van der Waals surface area contributed by atoms with Crippen LogP contribution in [0.3, 0.4) is 0 Å². The van der Waals surface area contributed by atoms with Crippen LogP contribution in [0.1, 0.15) is 11.3 Å². The van der Waals surface area contributed by atoms with Crippen molar-refractivity contribution in [2.75, 3.05) is 18.1 Å². The fourth-order valence-corrected chi connectivity index (χ4v) is 3.35. The number of nitrogens with one attached hydrogen (secondary N) is 1. The number of hydrazine groups is 1. The molecule has 7 heteroatoms. The molecule has 2 unspecified atom stereocenters. The van der Waals surface area contributed by atoms with E-state index in [0.717, 1.165) is 35.8 Å². The van der Waals surface area contributed by atoms with Gasteiger partial charge in [0.15, 0.2) is 0 Å². The van der Waals surface area contributed by atoms with Crippen LogP contribution >= 0.6 is 23.4 Å². The van der Waals surface area contributed by atoms with Crippen LogP contribution in [0.2, 0.25) is 5.15 Å². The summed E-state index contributed by atoms with van der Waals surface area (Å²) in [5.74, 6) is 7.67. The monoisotopic (exact) mass is 290 g/mol. The molecule has 1 aliphatic heterocycles. The summed E-state index contributed by atoms with van der Waals surface area (Å²) in [5.41, 5.74) is 4.84. The summed E-state index contributed by atoms with van der Waals surface area (Å²) >= 11 is 8.14. The Bertz CT molecular complexity index is 406. The quantitative estimate of drug-likeness (QED) is 0.637. The van der Waals surface area contributed by atoms with Gasteiger partial charge in [0.1, 0.15) is 5.15 Å². The van der Waals surface area contributed by atoms with Gasteiger partial charge in [0.25, 0.3) is 0 Å². The number of hydrogen-bond acceptors (Lipinski definition) is 5. The highest BCUT2D eigenvalue weighted by Gasteiger charge is 2.26. The minimum absolute atomic E-state index is 0.0678. The predicted octanol–water partition coefficient (Wildman–Crippen LogP) is 0.888. The fourth-order valence-electron chi connectivity index (χ4n) is 2.16. The molecule has 1 fully saturated rings. The first kappa shape index (κ1) is 14.1. The molecule has 0 aliphatic carbocycles. The van der Waals surface area contributed by atoms with Crippen molar-refractivity contribution in [3.05, 3.63) is 16.4 Å². The summed E-state index contributed by atoms with van der Waals surface area (Å²) in [4.78, 5) is 0. The van der Waals surface area contributed by atoms with Crippen LogP contribution in [0.15, 0.2) is 0 Å². The van der Waals surface area contributed by atoms with E-state index in [0.29, 0.717) is 5.15 Å². The van der Waals surface area contributed by atoms with E-state index >= 15 is 0 Å². The van der Waals surface area contributed by atoms with Gasteiger partial charge in [0.05, 0.1) is 24.4 Å². The molecule has 0 amide bonds. The Morgan fingerprint density at radius 3 is 3.00 bits per heavy atom. The summed E-state index contributed by atoms with van der Waals surface area (Å²) in [5, 5.41) is 4.99. The molecule has 3 N–H and O–H groups in total. The standard InChI is InChI=1S/C11H19ClN4OS/c1-7-8(11(12)16(2)15-7)5-9(14-13)10-6-18-4-3-17-10/h9-10,14H,3-6,13H2,1-2H3. The molecule has 1 saturated heterocycles. The maximum Gasteiger partial charge on any atom is 0.130 e. The lowest BCUT2D eigenvalue weighted by Crippen LogP contribution is -2.49. The second kappa shape index (κ2) is 6.25. The SMILES string of the molecule is Cc1nn(C)c(Cl)c1CC(NN)C1CSCCO1. The second-order valence-corrected chi connectivity index (χ2v) is 5.95. The van der Waals surface area contributed by atoms with Crippen LogP contribution in [-0.4, -0.2) is 40.0 Å². The highest BCUT2D eigenvalue weighted by Crippen LogP contribution is 2.23.